The van der Waals surface area contributed by atoms with Crippen LogP contribution in [0.25, 0.3) is 0 Å². The van der Waals surface area contributed by atoms with Gasteiger partial charge in [-0.05, 0) is 61.1 Å². The first-order chi connectivity index (χ1) is 23.8. The molecule has 1 amide bonds. The van der Waals surface area contributed by atoms with Gasteiger partial charge >= 0.3 is 6.18 Å². The lowest BCUT2D eigenvalue weighted by Gasteiger charge is -2.40. The van der Waals surface area contributed by atoms with Crippen LogP contribution in [-0.4, -0.2) is 54.5 Å². The van der Waals surface area contributed by atoms with Crippen LogP contribution in [-0.2, 0) is 28.2 Å². The standard InChI is InChI=1S/C38H43F3N4O4S/c1-27(29-15-8-4-9-16-29)45(2)50(48,49)33-22-30(24-42-25-33)36(47)44-34(21-28-13-6-3-7-14-28)35(46)26-43-37(19-10-5-11-20-37)31-17-12-18-32(23-31)38(39,40)41/h3-4,6-9,12-18,22-25,27,34-35,43,46H,5,10-11,19-21,26H2,1-2H3,(H,44,47)/t27-,34+,35-/m1/s1. The van der Waals surface area contributed by atoms with E-state index in [2.05, 4.69) is 15.6 Å². The maximum absolute atomic E-state index is 13.7. The van der Waals surface area contributed by atoms with Gasteiger partial charge in [0, 0.05) is 37.6 Å². The number of carbonyl (C=O) groups excluding carboxylic acids is 1. The SMILES string of the molecule is C[C@H](c1ccccc1)N(C)S(=O)(=O)c1cncc(C(=O)N[C@@H](Cc2ccccc2)[C@H](O)CNC2(c3cccc(C(F)(F)F)c3)CCCCC2)c1. The molecule has 1 aromatic heterocycles. The van der Waals surface area contributed by atoms with Crippen LogP contribution in [0.3, 0.4) is 0 Å². The molecule has 1 saturated carbocycles. The first-order valence-corrected chi connectivity index (χ1v) is 18.2. The molecule has 266 valence electrons. The molecule has 3 aromatic carbocycles. The molecule has 1 aliphatic rings. The van der Waals surface area contributed by atoms with Crippen LogP contribution in [0, 0.1) is 0 Å². The van der Waals surface area contributed by atoms with Crippen molar-refractivity contribution in [2.75, 3.05) is 13.6 Å². The van der Waals surface area contributed by atoms with Crippen LogP contribution in [0.2, 0.25) is 0 Å². The van der Waals surface area contributed by atoms with Gasteiger partial charge < -0.3 is 15.7 Å². The molecule has 0 bridgehead atoms. The number of aromatic nitrogens is 1. The summed E-state index contributed by atoms with van der Waals surface area (Å²) in [6, 6.07) is 23.7. The minimum absolute atomic E-state index is 0.00206. The van der Waals surface area contributed by atoms with E-state index in [0.717, 1.165) is 36.5 Å². The van der Waals surface area contributed by atoms with Gasteiger partial charge in [0.15, 0.2) is 0 Å². The fourth-order valence-electron chi connectivity index (χ4n) is 6.56. The van der Waals surface area contributed by atoms with Crippen LogP contribution in [0.4, 0.5) is 13.2 Å². The monoisotopic (exact) mass is 708 g/mol. The first kappa shape index (κ1) is 37.2. The van der Waals surface area contributed by atoms with Gasteiger partial charge in [0.1, 0.15) is 4.90 Å². The van der Waals surface area contributed by atoms with Crippen molar-refractivity contribution in [2.24, 2.45) is 0 Å². The highest BCUT2D eigenvalue weighted by atomic mass is 32.2. The van der Waals surface area contributed by atoms with E-state index >= 15 is 0 Å². The van der Waals surface area contributed by atoms with Crippen molar-refractivity contribution in [2.45, 2.75) is 80.2 Å². The molecule has 1 fully saturated rings. The molecule has 4 aromatic rings. The molecule has 8 nitrogen and oxygen atoms in total. The van der Waals surface area contributed by atoms with Crippen molar-refractivity contribution >= 4 is 15.9 Å². The average Bonchev–Trinajstić information content (AvgIpc) is 3.13. The van der Waals surface area contributed by atoms with E-state index in [1.54, 1.807) is 13.0 Å². The molecule has 3 N–H and O–H groups in total. The van der Waals surface area contributed by atoms with Gasteiger partial charge in [-0.2, -0.15) is 17.5 Å². The van der Waals surface area contributed by atoms with Crippen LogP contribution in [0.15, 0.2) is 108 Å². The number of nitrogens with zero attached hydrogens (tertiary/aromatic N) is 2. The molecule has 0 aliphatic heterocycles. The number of alkyl halides is 3. The Kier molecular flexibility index (Phi) is 11.8. The molecule has 50 heavy (non-hydrogen) atoms. The summed E-state index contributed by atoms with van der Waals surface area (Å²) in [7, 11) is -2.57. The lowest BCUT2D eigenvalue weighted by atomic mass is 9.76. The fourth-order valence-corrected chi connectivity index (χ4v) is 7.90. The molecule has 3 atom stereocenters. The topological polar surface area (TPSA) is 112 Å². The highest BCUT2D eigenvalue weighted by molar-refractivity contribution is 7.89. The number of pyridine rings is 1. The zero-order valence-corrected chi connectivity index (χ0v) is 28.9. The third kappa shape index (κ3) is 8.79. The Labute approximate surface area is 291 Å². The number of amides is 1. The van der Waals surface area contributed by atoms with Gasteiger partial charge in [0.05, 0.1) is 23.3 Å². The van der Waals surface area contributed by atoms with Crippen LogP contribution >= 0.6 is 0 Å². The summed E-state index contributed by atoms with van der Waals surface area (Å²) in [6.07, 6.45) is 0.850. The summed E-state index contributed by atoms with van der Waals surface area (Å²) in [6.45, 7) is 1.76. The number of rotatable bonds is 13. The maximum atomic E-state index is 13.7. The second kappa shape index (κ2) is 15.8. The van der Waals surface area contributed by atoms with Crippen molar-refractivity contribution in [3.05, 3.63) is 131 Å². The normalized spacial score (nSPS) is 16.8. The van der Waals surface area contributed by atoms with Crippen molar-refractivity contribution in [3.63, 3.8) is 0 Å². The molecule has 0 spiro atoms. The number of hydrogen-bond donors (Lipinski definition) is 3. The molecule has 0 radical (unpaired) electrons. The number of sulfonamides is 1. The zero-order valence-electron chi connectivity index (χ0n) is 28.1. The lowest BCUT2D eigenvalue weighted by molar-refractivity contribution is -0.137. The summed E-state index contributed by atoms with van der Waals surface area (Å²) in [5, 5.41) is 17.9. The average molecular weight is 709 g/mol. The van der Waals surface area contributed by atoms with Crippen molar-refractivity contribution < 1.29 is 31.5 Å². The third-order valence-corrected chi connectivity index (χ3v) is 11.6. The second-order valence-electron chi connectivity index (χ2n) is 13.0. The van der Waals surface area contributed by atoms with Crippen molar-refractivity contribution in [3.8, 4) is 0 Å². The van der Waals surface area contributed by atoms with Crippen LogP contribution in [0.1, 0.15) is 77.7 Å². The number of carbonyl (C=O) groups is 1. The molecular formula is C38H43F3N4O4S. The minimum atomic E-state index is -4.49. The van der Waals surface area contributed by atoms with Gasteiger partial charge in [-0.1, -0.05) is 92.1 Å². The molecule has 1 aliphatic carbocycles. The highest BCUT2D eigenvalue weighted by Crippen LogP contribution is 2.39. The quantitative estimate of drug-likeness (QED) is 0.144. The van der Waals surface area contributed by atoms with Crippen molar-refractivity contribution in [1.82, 2.24) is 19.9 Å². The van der Waals surface area contributed by atoms with E-state index in [0.29, 0.717) is 18.4 Å². The minimum Gasteiger partial charge on any atom is -0.390 e. The third-order valence-electron chi connectivity index (χ3n) is 9.66. The van der Waals surface area contributed by atoms with E-state index in [1.807, 2.05) is 60.7 Å². The zero-order chi connectivity index (χ0) is 35.9. The molecule has 0 saturated heterocycles. The maximum Gasteiger partial charge on any atom is 0.416 e. The number of aliphatic hydroxyl groups excluding tert-OH is 1. The lowest BCUT2D eigenvalue weighted by Crippen LogP contribution is -2.53. The molecule has 0 unspecified atom stereocenters. The number of nitrogens with one attached hydrogen (secondary N) is 2. The summed E-state index contributed by atoms with van der Waals surface area (Å²) in [5.41, 5.74) is 0.645. The smallest absolute Gasteiger partial charge is 0.390 e. The Morgan fingerprint density at radius 1 is 0.940 bits per heavy atom. The van der Waals surface area contributed by atoms with Gasteiger partial charge in [-0.25, -0.2) is 8.42 Å². The van der Waals surface area contributed by atoms with Crippen LogP contribution in [0.5, 0.6) is 0 Å². The van der Waals surface area contributed by atoms with E-state index in [1.165, 1.54) is 41.9 Å². The number of benzene rings is 3. The van der Waals surface area contributed by atoms with Gasteiger partial charge in [0.25, 0.3) is 5.91 Å². The molecular weight excluding hydrogens is 666 g/mol. The Morgan fingerprint density at radius 2 is 1.60 bits per heavy atom. The Hall–Kier alpha value is -4.10. The first-order valence-electron chi connectivity index (χ1n) is 16.7. The van der Waals surface area contributed by atoms with E-state index in [-0.39, 0.29) is 23.4 Å². The van der Waals surface area contributed by atoms with Gasteiger partial charge in [-0.15, -0.1) is 0 Å². The summed E-state index contributed by atoms with van der Waals surface area (Å²) >= 11 is 0. The van der Waals surface area contributed by atoms with Crippen molar-refractivity contribution in [1.29, 1.82) is 0 Å². The Morgan fingerprint density at radius 3 is 2.26 bits per heavy atom. The Bertz CT molecular complexity index is 1840. The van der Waals surface area contributed by atoms with Gasteiger partial charge in [0.2, 0.25) is 10.0 Å². The highest BCUT2D eigenvalue weighted by Gasteiger charge is 2.38. The largest absolute Gasteiger partial charge is 0.416 e. The number of hydrogen-bond acceptors (Lipinski definition) is 6. The van der Waals surface area contributed by atoms with E-state index in [4.69, 9.17) is 0 Å². The van der Waals surface area contributed by atoms with Crippen LogP contribution < -0.4 is 10.6 Å². The number of aliphatic hydroxyl groups is 1. The number of halogens is 3. The summed E-state index contributed by atoms with van der Waals surface area (Å²) in [5.74, 6) is -0.626. The fraction of sp³-hybridized carbons (Fsp3) is 0.368. The van der Waals surface area contributed by atoms with E-state index < -0.39 is 51.4 Å². The molecule has 12 heteroatoms. The molecule has 5 rings (SSSR count). The van der Waals surface area contributed by atoms with Gasteiger partial charge in [-0.3, -0.25) is 9.78 Å². The Balaban J connectivity index is 1.36. The predicted octanol–water partition coefficient (Wildman–Crippen LogP) is 6.63. The summed E-state index contributed by atoms with van der Waals surface area (Å²) in [4.78, 5) is 17.6. The van der Waals surface area contributed by atoms with E-state index in [9.17, 15) is 31.5 Å². The molecule has 1 heterocycles. The second-order valence-corrected chi connectivity index (χ2v) is 15.0. The predicted molar refractivity (Wildman–Crippen MR) is 186 cm³/mol. The summed E-state index contributed by atoms with van der Waals surface area (Å²) < 4.78 is 69.3.